The topological polar surface area (TPSA) is 70.2 Å². The Morgan fingerprint density at radius 3 is 2.71 bits per heavy atom. The number of nitrogens with one attached hydrogen (secondary N) is 3. The van der Waals surface area contributed by atoms with Gasteiger partial charge in [0.15, 0.2) is 0 Å². The molecule has 0 bridgehead atoms. The summed E-state index contributed by atoms with van der Waals surface area (Å²) in [6, 6.07) is 4.12. The maximum absolute atomic E-state index is 13.5. The van der Waals surface area contributed by atoms with Crippen LogP contribution < -0.4 is 16.0 Å². The van der Waals surface area contributed by atoms with Gasteiger partial charge < -0.3 is 16.0 Å². The van der Waals surface area contributed by atoms with E-state index >= 15 is 0 Å². The Morgan fingerprint density at radius 2 is 2.10 bits per heavy atom. The molecule has 3 N–H and O–H groups in total. The Kier molecular flexibility index (Phi) is 6.58. The predicted molar refractivity (Wildman–Crippen MR) is 82.2 cm³/mol. The lowest BCUT2D eigenvalue weighted by atomic mass is 9.99. The Hall–Kier alpha value is -1.66. The number of carbonyl (C=O) groups excluding carboxylic acids is 2. The van der Waals surface area contributed by atoms with Gasteiger partial charge in [-0.15, -0.1) is 12.4 Å². The summed E-state index contributed by atoms with van der Waals surface area (Å²) >= 11 is 0. The van der Waals surface area contributed by atoms with E-state index in [1.807, 2.05) is 0 Å². The van der Waals surface area contributed by atoms with Crippen molar-refractivity contribution in [2.24, 2.45) is 5.92 Å². The number of rotatable bonds is 3. The van der Waals surface area contributed by atoms with Gasteiger partial charge in [0.1, 0.15) is 5.82 Å². The lowest BCUT2D eigenvalue weighted by Crippen LogP contribution is -2.37. The summed E-state index contributed by atoms with van der Waals surface area (Å²) in [4.78, 5) is 23.0. The second kappa shape index (κ2) is 7.95. The average molecular weight is 316 g/mol. The van der Waals surface area contributed by atoms with Gasteiger partial charge in [-0.25, -0.2) is 4.39 Å². The van der Waals surface area contributed by atoms with Gasteiger partial charge in [0.25, 0.3) is 0 Å². The predicted octanol–water partition coefficient (Wildman–Crippen LogP) is 2.14. The van der Waals surface area contributed by atoms with Crippen LogP contribution in [0.5, 0.6) is 0 Å². The highest BCUT2D eigenvalue weighted by molar-refractivity contribution is 5.94. The molecule has 116 valence electrons. The third kappa shape index (κ3) is 4.99. The second-order valence-electron chi connectivity index (χ2n) is 4.91. The van der Waals surface area contributed by atoms with E-state index in [1.54, 1.807) is 0 Å². The first-order valence-corrected chi connectivity index (χ1v) is 6.65. The number of carbonyl (C=O) groups is 2. The Morgan fingerprint density at radius 1 is 1.33 bits per heavy atom. The van der Waals surface area contributed by atoms with Crippen molar-refractivity contribution in [3.05, 3.63) is 24.0 Å². The van der Waals surface area contributed by atoms with Crippen molar-refractivity contribution in [1.29, 1.82) is 0 Å². The molecule has 1 unspecified atom stereocenters. The molecule has 0 aliphatic carbocycles. The lowest BCUT2D eigenvalue weighted by molar-refractivity contribution is -0.120. The zero-order chi connectivity index (χ0) is 14.5. The molecule has 0 spiro atoms. The van der Waals surface area contributed by atoms with Gasteiger partial charge >= 0.3 is 0 Å². The number of anilines is 2. The third-order valence-corrected chi connectivity index (χ3v) is 3.21. The fraction of sp³-hybridized carbons (Fsp3) is 0.429. The SMILES string of the molecule is CC(=O)Nc1cc(NC(=O)C2CCCNC2)ccc1F.Cl. The zero-order valence-corrected chi connectivity index (χ0v) is 12.6. The van der Waals surface area contributed by atoms with E-state index in [4.69, 9.17) is 0 Å². The summed E-state index contributed by atoms with van der Waals surface area (Å²) in [7, 11) is 0. The molecule has 21 heavy (non-hydrogen) atoms. The van der Waals surface area contributed by atoms with Gasteiger partial charge in [0, 0.05) is 19.2 Å². The quantitative estimate of drug-likeness (QED) is 0.800. The van der Waals surface area contributed by atoms with Crippen LogP contribution in [0.3, 0.4) is 0 Å². The number of hydrogen-bond acceptors (Lipinski definition) is 3. The van der Waals surface area contributed by atoms with E-state index in [0.29, 0.717) is 12.2 Å². The number of amides is 2. The fourth-order valence-corrected chi connectivity index (χ4v) is 2.21. The van der Waals surface area contributed by atoms with Crippen molar-refractivity contribution in [2.45, 2.75) is 19.8 Å². The van der Waals surface area contributed by atoms with Crippen molar-refractivity contribution in [3.8, 4) is 0 Å². The summed E-state index contributed by atoms with van der Waals surface area (Å²) in [5.41, 5.74) is 0.544. The van der Waals surface area contributed by atoms with E-state index in [2.05, 4.69) is 16.0 Å². The molecule has 2 amide bonds. The average Bonchev–Trinajstić information content (AvgIpc) is 2.43. The normalized spacial score (nSPS) is 17.5. The Balaban J connectivity index is 0.00000220. The number of halogens is 2. The molecule has 2 rings (SSSR count). The van der Waals surface area contributed by atoms with Crippen LogP contribution in [-0.2, 0) is 9.59 Å². The minimum atomic E-state index is -0.530. The van der Waals surface area contributed by atoms with Crippen LogP contribution in [0.2, 0.25) is 0 Å². The minimum absolute atomic E-state index is 0. The second-order valence-corrected chi connectivity index (χ2v) is 4.91. The highest BCUT2D eigenvalue weighted by atomic mass is 35.5. The minimum Gasteiger partial charge on any atom is -0.326 e. The first-order valence-electron chi connectivity index (χ1n) is 6.65. The highest BCUT2D eigenvalue weighted by Gasteiger charge is 2.21. The molecule has 1 aliphatic rings. The molecule has 0 radical (unpaired) electrons. The molecule has 1 atom stereocenters. The monoisotopic (exact) mass is 315 g/mol. The number of benzene rings is 1. The van der Waals surface area contributed by atoms with E-state index in [0.717, 1.165) is 19.4 Å². The zero-order valence-electron chi connectivity index (χ0n) is 11.7. The molecule has 1 fully saturated rings. The van der Waals surface area contributed by atoms with Gasteiger partial charge in [-0.3, -0.25) is 9.59 Å². The van der Waals surface area contributed by atoms with Crippen LogP contribution in [0.1, 0.15) is 19.8 Å². The molecule has 7 heteroatoms. The molecule has 1 aliphatic heterocycles. The summed E-state index contributed by atoms with van der Waals surface area (Å²) in [6.45, 7) is 2.90. The van der Waals surface area contributed by atoms with Crippen LogP contribution in [0.25, 0.3) is 0 Å². The molecule has 1 saturated heterocycles. The van der Waals surface area contributed by atoms with Crippen LogP contribution in [0, 0.1) is 11.7 Å². The molecule has 1 aromatic carbocycles. The van der Waals surface area contributed by atoms with Crippen LogP contribution in [-0.4, -0.2) is 24.9 Å². The smallest absolute Gasteiger partial charge is 0.228 e. The lowest BCUT2D eigenvalue weighted by Gasteiger charge is -2.22. The summed E-state index contributed by atoms with van der Waals surface area (Å²) < 4.78 is 13.5. The van der Waals surface area contributed by atoms with Crippen molar-refractivity contribution in [2.75, 3.05) is 23.7 Å². The van der Waals surface area contributed by atoms with Crippen molar-refractivity contribution in [1.82, 2.24) is 5.32 Å². The van der Waals surface area contributed by atoms with Gasteiger partial charge in [0.05, 0.1) is 11.6 Å². The van der Waals surface area contributed by atoms with Gasteiger partial charge in [-0.05, 0) is 37.6 Å². The van der Waals surface area contributed by atoms with Crippen LogP contribution >= 0.6 is 12.4 Å². The highest BCUT2D eigenvalue weighted by Crippen LogP contribution is 2.21. The summed E-state index contributed by atoms with van der Waals surface area (Å²) in [6.07, 6.45) is 1.82. The Labute approximate surface area is 129 Å². The van der Waals surface area contributed by atoms with Gasteiger partial charge in [0.2, 0.25) is 11.8 Å². The molecule has 0 saturated carbocycles. The van der Waals surface area contributed by atoms with E-state index < -0.39 is 5.82 Å². The first kappa shape index (κ1) is 17.4. The maximum Gasteiger partial charge on any atom is 0.228 e. The van der Waals surface area contributed by atoms with Crippen molar-refractivity contribution in [3.63, 3.8) is 0 Å². The Bertz CT molecular complexity index is 519. The third-order valence-electron chi connectivity index (χ3n) is 3.21. The molecule has 1 aromatic rings. The fourth-order valence-electron chi connectivity index (χ4n) is 2.21. The molecular formula is C14H19ClFN3O2. The van der Waals surface area contributed by atoms with Crippen LogP contribution in [0.15, 0.2) is 18.2 Å². The van der Waals surface area contributed by atoms with E-state index in [1.165, 1.54) is 25.1 Å². The van der Waals surface area contributed by atoms with E-state index in [-0.39, 0.29) is 35.8 Å². The molecule has 0 aromatic heterocycles. The molecule has 5 nitrogen and oxygen atoms in total. The van der Waals surface area contributed by atoms with Crippen LogP contribution in [0.4, 0.5) is 15.8 Å². The molecular weight excluding hydrogens is 297 g/mol. The van der Waals surface area contributed by atoms with E-state index in [9.17, 15) is 14.0 Å². The van der Waals surface area contributed by atoms with Gasteiger partial charge in [-0.1, -0.05) is 0 Å². The summed E-state index contributed by atoms with van der Waals surface area (Å²) in [5, 5.41) is 8.31. The number of hydrogen-bond donors (Lipinski definition) is 3. The van der Waals surface area contributed by atoms with Crippen molar-refractivity contribution < 1.29 is 14.0 Å². The van der Waals surface area contributed by atoms with Crippen molar-refractivity contribution >= 4 is 35.6 Å². The standard InChI is InChI=1S/C14H18FN3O2.ClH/c1-9(19)17-13-7-11(4-5-12(13)15)18-14(20)10-3-2-6-16-8-10;/h4-5,7,10,16H,2-3,6,8H2,1H3,(H,17,19)(H,18,20);1H. The summed E-state index contributed by atoms with van der Waals surface area (Å²) in [5.74, 6) is -1.04. The largest absolute Gasteiger partial charge is 0.326 e. The first-order chi connectivity index (χ1) is 9.56. The molecule has 1 heterocycles. The maximum atomic E-state index is 13.5. The van der Waals surface area contributed by atoms with Gasteiger partial charge in [-0.2, -0.15) is 0 Å². The number of piperidine rings is 1.